The highest BCUT2D eigenvalue weighted by atomic mass is 32.2. The minimum absolute atomic E-state index is 0.0998. The Morgan fingerprint density at radius 3 is 2.41 bits per heavy atom. The van der Waals surface area contributed by atoms with Gasteiger partial charge in [0.05, 0.1) is 16.3 Å². The first-order chi connectivity index (χ1) is 16.4. The van der Waals surface area contributed by atoms with Gasteiger partial charge in [-0.2, -0.15) is 0 Å². The molecule has 1 heterocycles. The average molecular weight is 478 g/mol. The molecule has 1 amide bonds. The van der Waals surface area contributed by atoms with Crippen LogP contribution in [-0.2, 0) is 16.6 Å². The zero-order chi connectivity index (χ0) is 24.0. The Hall–Kier alpha value is -4.24. The normalized spacial score (nSPS) is 11.0. The van der Waals surface area contributed by atoms with Crippen LogP contribution in [0.2, 0.25) is 0 Å². The molecule has 34 heavy (non-hydrogen) atoms. The molecule has 7 nitrogen and oxygen atoms in total. The highest BCUT2D eigenvalue weighted by molar-refractivity contribution is 7.92. The SMILES string of the molecule is O=C(Nc1cccc(OCc2ccccn2)c1)c1ccc(S(=O)(=O)Nc2ccccc2F)cc1. The number of carbonyl (C=O) groups is 1. The molecule has 2 N–H and O–H groups in total. The van der Waals surface area contributed by atoms with Crippen molar-refractivity contribution >= 4 is 27.3 Å². The Bertz CT molecular complexity index is 1400. The number of ether oxygens (including phenoxy) is 1. The number of nitrogens with zero attached hydrogens (tertiary/aromatic N) is 1. The fraction of sp³-hybridized carbons (Fsp3) is 0.0400. The number of nitrogens with one attached hydrogen (secondary N) is 2. The smallest absolute Gasteiger partial charge is 0.261 e. The van der Waals surface area contributed by atoms with Gasteiger partial charge in [0.25, 0.3) is 15.9 Å². The summed E-state index contributed by atoms with van der Waals surface area (Å²) >= 11 is 0. The van der Waals surface area contributed by atoms with Crippen LogP contribution in [0.15, 0.2) is 102 Å². The summed E-state index contributed by atoms with van der Waals surface area (Å²) in [5.74, 6) is -0.551. The van der Waals surface area contributed by atoms with Crippen molar-refractivity contribution in [2.75, 3.05) is 10.0 Å². The van der Waals surface area contributed by atoms with Crippen LogP contribution in [0.25, 0.3) is 0 Å². The van der Waals surface area contributed by atoms with Gasteiger partial charge in [-0.05, 0) is 60.7 Å². The maximum atomic E-state index is 13.8. The van der Waals surface area contributed by atoms with Gasteiger partial charge in [0.2, 0.25) is 0 Å². The topological polar surface area (TPSA) is 97.4 Å². The predicted molar refractivity (Wildman–Crippen MR) is 127 cm³/mol. The summed E-state index contributed by atoms with van der Waals surface area (Å²) < 4.78 is 46.8. The third-order valence-electron chi connectivity index (χ3n) is 4.75. The van der Waals surface area contributed by atoms with E-state index in [1.54, 1.807) is 30.5 Å². The molecule has 0 aliphatic rings. The van der Waals surface area contributed by atoms with Crippen LogP contribution >= 0.6 is 0 Å². The number of amides is 1. The van der Waals surface area contributed by atoms with Crippen molar-refractivity contribution in [3.8, 4) is 5.75 Å². The van der Waals surface area contributed by atoms with Crippen molar-refractivity contribution in [3.63, 3.8) is 0 Å². The second kappa shape index (κ2) is 10.1. The number of para-hydroxylation sites is 1. The van der Waals surface area contributed by atoms with Gasteiger partial charge in [-0.25, -0.2) is 12.8 Å². The standard InChI is InChI=1S/C25H20FN3O4S/c26-23-9-1-2-10-24(23)29-34(31,32)22-13-11-18(12-14-22)25(30)28-19-7-5-8-21(16-19)33-17-20-6-3-4-15-27-20/h1-16,29H,17H2,(H,28,30). The summed E-state index contributed by atoms with van der Waals surface area (Å²) in [6, 6.07) is 23.2. The molecule has 4 rings (SSSR count). The van der Waals surface area contributed by atoms with Crippen LogP contribution < -0.4 is 14.8 Å². The van der Waals surface area contributed by atoms with E-state index in [0.717, 1.165) is 11.8 Å². The maximum Gasteiger partial charge on any atom is 0.261 e. The van der Waals surface area contributed by atoms with Gasteiger partial charge in [-0.1, -0.05) is 24.3 Å². The molecule has 0 spiro atoms. The predicted octanol–water partition coefficient (Wildman–Crippen LogP) is 4.85. The van der Waals surface area contributed by atoms with Crippen LogP contribution in [0, 0.1) is 5.82 Å². The van der Waals surface area contributed by atoms with Gasteiger partial charge in [0, 0.05) is 23.5 Å². The summed E-state index contributed by atoms with van der Waals surface area (Å²) in [5.41, 5.74) is 1.39. The Morgan fingerprint density at radius 2 is 1.68 bits per heavy atom. The molecule has 0 atom stereocenters. The van der Waals surface area contributed by atoms with E-state index in [1.807, 2.05) is 18.2 Å². The lowest BCUT2D eigenvalue weighted by molar-refractivity contribution is 0.102. The van der Waals surface area contributed by atoms with Crippen LogP contribution in [0.4, 0.5) is 15.8 Å². The minimum Gasteiger partial charge on any atom is -0.487 e. The van der Waals surface area contributed by atoms with Crippen LogP contribution in [0.5, 0.6) is 5.75 Å². The molecule has 0 unspecified atom stereocenters. The molecule has 4 aromatic rings. The molecule has 9 heteroatoms. The fourth-order valence-electron chi connectivity index (χ4n) is 3.04. The molecular weight excluding hydrogens is 457 g/mol. The molecule has 1 aromatic heterocycles. The Morgan fingerprint density at radius 1 is 0.912 bits per heavy atom. The number of sulfonamides is 1. The quantitative estimate of drug-likeness (QED) is 0.378. The van der Waals surface area contributed by atoms with E-state index in [2.05, 4.69) is 15.0 Å². The molecule has 0 aliphatic carbocycles. The minimum atomic E-state index is -4.02. The van der Waals surface area contributed by atoms with E-state index in [9.17, 15) is 17.6 Å². The van der Waals surface area contributed by atoms with Crippen LogP contribution in [0.3, 0.4) is 0 Å². The number of benzene rings is 3. The molecule has 0 aliphatic heterocycles. The van der Waals surface area contributed by atoms with Gasteiger partial charge < -0.3 is 10.1 Å². The van der Waals surface area contributed by atoms with E-state index in [-0.39, 0.29) is 22.8 Å². The van der Waals surface area contributed by atoms with Crippen molar-refractivity contribution in [3.05, 3.63) is 114 Å². The fourth-order valence-corrected chi connectivity index (χ4v) is 4.11. The number of rotatable bonds is 8. The largest absolute Gasteiger partial charge is 0.487 e. The summed E-state index contributed by atoms with van der Waals surface area (Å²) in [4.78, 5) is 16.7. The van der Waals surface area contributed by atoms with Gasteiger partial charge in [0.15, 0.2) is 0 Å². The maximum absolute atomic E-state index is 13.8. The zero-order valence-corrected chi connectivity index (χ0v) is 18.6. The molecular formula is C25H20FN3O4S. The molecule has 0 radical (unpaired) electrons. The first-order valence-electron chi connectivity index (χ1n) is 10.2. The highest BCUT2D eigenvalue weighted by Crippen LogP contribution is 2.21. The van der Waals surface area contributed by atoms with Gasteiger partial charge in [-0.3, -0.25) is 14.5 Å². The summed E-state index contributed by atoms with van der Waals surface area (Å²) in [6.45, 7) is 0.287. The molecule has 0 saturated heterocycles. The van der Waals surface area contributed by atoms with E-state index in [1.165, 1.54) is 42.5 Å². The lowest BCUT2D eigenvalue weighted by atomic mass is 10.2. The van der Waals surface area contributed by atoms with Crippen molar-refractivity contribution < 1.29 is 22.3 Å². The molecule has 0 saturated carbocycles. The van der Waals surface area contributed by atoms with Gasteiger partial charge >= 0.3 is 0 Å². The first-order valence-corrected chi connectivity index (χ1v) is 11.7. The molecule has 0 fully saturated rings. The van der Waals surface area contributed by atoms with E-state index in [0.29, 0.717) is 11.4 Å². The van der Waals surface area contributed by atoms with Gasteiger partial charge in [0.1, 0.15) is 18.2 Å². The first kappa shape index (κ1) is 22.9. The average Bonchev–Trinajstić information content (AvgIpc) is 2.85. The number of aromatic nitrogens is 1. The Labute approximate surface area is 196 Å². The van der Waals surface area contributed by atoms with Crippen molar-refractivity contribution in [1.82, 2.24) is 4.98 Å². The zero-order valence-electron chi connectivity index (χ0n) is 17.8. The number of hydrogen-bond donors (Lipinski definition) is 2. The van der Waals surface area contributed by atoms with E-state index >= 15 is 0 Å². The number of anilines is 2. The molecule has 172 valence electrons. The van der Waals surface area contributed by atoms with Crippen molar-refractivity contribution in [2.24, 2.45) is 0 Å². The summed E-state index contributed by atoms with van der Waals surface area (Å²) in [6.07, 6.45) is 1.68. The van der Waals surface area contributed by atoms with E-state index < -0.39 is 21.7 Å². The number of pyridine rings is 1. The number of carbonyl (C=O) groups excluding carboxylic acids is 1. The third-order valence-corrected chi connectivity index (χ3v) is 6.13. The summed E-state index contributed by atoms with van der Waals surface area (Å²) in [5, 5.41) is 2.75. The number of halogens is 1. The second-order valence-electron chi connectivity index (χ2n) is 7.20. The molecule has 3 aromatic carbocycles. The van der Waals surface area contributed by atoms with Crippen molar-refractivity contribution in [1.29, 1.82) is 0 Å². The van der Waals surface area contributed by atoms with Crippen LogP contribution in [-0.4, -0.2) is 19.3 Å². The lowest BCUT2D eigenvalue weighted by Crippen LogP contribution is -2.15. The van der Waals surface area contributed by atoms with Crippen molar-refractivity contribution in [2.45, 2.75) is 11.5 Å². The Kier molecular flexibility index (Phi) is 6.84. The highest BCUT2D eigenvalue weighted by Gasteiger charge is 2.17. The lowest BCUT2D eigenvalue weighted by Gasteiger charge is -2.11. The molecule has 0 bridgehead atoms. The van der Waals surface area contributed by atoms with E-state index in [4.69, 9.17) is 4.74 Å². The van der Waals surface area contributed by atoms with Gasteiger partial charge in [-0.15, -0.1) is 0 Å². The Balaban J connectivity index is 1.40. The second-order valence-corrected chi connectivity index (χ2v) is 8.88. The third kappa shape index (κ3) is 5.76. The number of hydrogen-bond acceptors (Lipinski definition) is 5. The summed E-state index contributed by atoms with van der Waals surface area (Å²) in [7, 11) is -4.02. The van der Waals surface area contributed by atoms with Crippen LogP contribution in [0.1, 0.15) is 16.1 Å². The monoisotopic (exact) mass is 477 g/mol.